The minimum absolute atomic E-state index is 0.228. The van der Waals surface area contributed by atoms with Crippen LogP contribution in [0.15, 0.2) is 36.5 Å². The third kappa shape index (κ3) is 1.89. The molecule has 0 saturated heterocycles. The van der Waals surface area contributed by atoms with Crippen LogP contribution in [-0.2, 0) is 4.79 Å². The van der Waals surface area contributed by atoms with Crippen LogP contribution < -0.4 is 5.73 Å². The highest BCUT2D eigenvalue weighted by molar-refractivity contribution is 5.80. The van der Waals surface area contributed by atoms with Gasteiger partial charge in [-0.05, 0) is 6.92 Å². The van der Waals surface area contributed by atoms with Crippen LogP contribution in [0.25, 0.3) is 0 Å². The second-order valence-electron chi connectivity index (χ2n) is 3.49. The van der Waals surface area contributed by atoms with E-state index in [1.807, 2.05) is 50.3 Å². The maximum atomic E-state index is 11.1. The van der Waals surface area contributed by atoms with Crippen LogP contribution in [-0.4, -0.2) is 5.91 Å². The minimum atomic E-state index is -0.277. The van der Waals surface area contributed by atoms with Gasteiger partial charge >= 0.3 is 0 Å². The molecule has 2 atom stereocenters. The van der Waals surface area contributed by atoms with Crippen molar-refractivity contribution in [3.63, 3.8) is 0 Å². The van der Waals surface area contributed by atoms with E-state index in [0.29, 0.717) is 0 Å². The number of carbonyl (C=O) groups excluding carboxylic acids is 1. The highest BCUT2D eigenvalue weighted by Gasteiger charge is 2.32. The number of hydrogen-bond acceptors (Lipinski definition) is 1. The molecular formula is C11H15NO. The van der Waals surface area contributed by atoms with E-state index in [0.717, 1.165) is 0 Å². The van der Waals surface area contributed by atoms with E-state index in [1.165, 1.54) is 0 Å². The van der Waals surface area contributed by atoms with Crippen LogP contribution in [0, 0.1) is 11.3 Å². The Labute approximate surface area is 78.8 Å². The van der Waals surface area contributed by atoms with E-state index in [1.54, 1.807) is 0 Å². The lowest BCUT2D eigenvalue weighted by molar-refractivity contribution is -0.122. The zero-order valence-electron chi connectivity index (χ0n) is 8.03. The molecule has 1 aliphatic rings. The molecule has 0 fully saturated rings. The Morgan fingerprint density at radius 1 is 1.54 bits per heavy atom. The Bertz CT molecular complexity index is 288. The molecule has 2 unspecified atom stereocenters. The summed E-state index contributed by atoms with van der Waals surface area (Å²) in [6, 6.07) is 0. The van der Waals surface area contributed by atoms with Crippen molar-refractivity contribution in [3.05, 3.63) is 36.5 Å². The summed E-state index contributed by atoms with van der Waals surface area (Å²) in [5.74, 6) is -0.505. The Balaban J connectivity index is 3.00. The molecule has 2 heteroatoms. The normalized spacial score (nSPS) is 32.6. The Morgan fingerprint density at radius 3 is 2.77 bits per heavy atom. The number of amides is 1. The number of carbonyl (C=O) groups is 1. The number of hydrogen-bond donors (Lipinski definition) is 1. The zero-order chi connectivity index (χ0) is 9.90. The second-order valence-corrected chi connectivity index (χ2v) is 3.49. The van der Waals surface area contributed by atoms with Gasteiger partial charge in [-0.1, -0.05) is 43.4 Å². The van der Waals surface area contributed by atoms with Gasteiger partial charge in [-0.15, -0.1) is 0 Å². The zero-order valence-corrected chi connectivity index (χ0v) is 8.03. The van der Waals surface area contributed by atoms with Crippen LogP contribution in [0.1, 0.15) is 13.8 Å². The molecule has 0 spiro atoms. The van der Waals surface area contributed by atoms with Gasteiger partial charge in [0.05, 0.1) is 5.92 Å². The van der Waals surface area contributed by atoms with Crippen molar-refractivity contribution in [2.75, 3.05) is 0 Å². The van der Waals surface area contributed by atoms with E-state index in [4.69, 9.17) is 5.73 Å². The average molecular weight is 177 g/mol. The highest BCUT2D eigenvalue weighted by Crippen LogP contribution is 2.34. The number of primary amides is 1. The number of nitrogens with two attached hydrogens (primary N) is 1. The molecule has 0 aromatic heterocycles. The maximum absolute atomic E-state index is 11.1. The van der Waals surface area contributed by atoms with Gasteiger partial charge in [-0.2, -0.15) is 0 Å². The van der Waals surface area contributed by atoms with Crippen LogP contribution in [0.4, 0.5) is 0 Å². The fourth-order valence-electron chi connectivity index (χ4n) is 1.67. The molecule has 0 aromatic carbocycles. The van der Waals surface area contributed by atoms with Gasteiger partial charge in [0.1, 0.15) is 0 Å². The molecule has 1 aliphatic carbocycles. The minimum Gasteiger partial charge on any atom is -0.369 e. The summed E-state index contributed by atoms with van der Waals surface area (Å²) < 4.78 is 0. The van der Waals surface area contributed by atoms with Gasteiger partial charge in [0.15, 0.2) is 0 Å². The molecule has 2 nitrogen and oxygen atoms in total. The summed E-state index contributed by atoms with van der Waals surface area (Å²) in [6.07, 6.45) is 11.6. The first-order valence-corrected chi connectivity index (χ1v) is 4.39. The predicted molar refractivity (Wildman–Crippen MR) is 53.9 cm³/mol. The number of allylic oxidation sites excluding steroid dienone is 5. The van der Waals surface area contributed by atoms with Crippen LogP contribution in [0.3, 0.4) is 0 Å². The Hall–Kier alpha value is -1.31. The van der Waals surface area contributed by atoms with Crippen LogP contribution in [0.2, 0.25) is 0 Å². The van der Waals surface area contributed by atoms with Gasteiger partial charge < -0.3 is 5.73 Å². The first-order chi connectivity index (χ1) is 6.10. The van der Waals surface area contributed by atoms with Crippen molar-refractivity contribution >= 4 is 5.91 Å². The van der Waals surface area contributed by atoms with Crippen molar-refractivity contribution in [1.29, 1.82) is 0 Å². The summed E-state index contributed by atoms with van der Waals surface area (Å²) >= 11 is 0. The maximum Gasteiger partial charge on any atom is 0.225 e. The first-order valence-electron chi connectivity index (χ1n) is 4.39. The summed E-state index contributed by atoms with van der Waals surface area (Å²) in [5.41, 5.74) is 5.06. The highest BCUT2D eigenvalue weighted by atomic mass is 16.1. The van der Waals surface area contributed by atoms with E-state index in [-0.39, 0.29) is 17.2 Å². The van der Waals surface area contributed by atoms with Crippen molar-refractivity contribution in [2.24, 2.45) is 17.1 Å². The van der Waals surface area contributed by atoms with Crippen LogP contribution in [0.5, 0.6) is 0 Å². The number of rotatable bonds is 2. The second kappa shape index (κ2) is 3.60. The van der Waals surface area contributed by atoms with Crippen molar-refractivity contribution in [3.8, 4) is 0 Å². The molecule has 1 amide bonds. The SMILES string of the molecule is CC=CC1(C)C=CC=CC1C(N)=O. The molecule has 1 rings (SSSR count). The molecule has 13 heavy (non-hydrogen) atoms. The lowest BCUT2D eigenvalue weighted by atomic mass is 9.74. The quantitative estimate of drug-likeness (QED) is 0.642. The Kier molecular flexibility index (Phi) is 2.71. The van der Waals surface area contributed by atoms with Crippen molar-refractivity contribution in [2.45, 2.75) is 13.8 Å². The van der Waals surface area contributed by atoms with Gasteiger partial charge in [-0.25, -0.2) is 0 Å². The summed E-state index contributed by atoms with van der Waals surface area (Å²) in [5, 5.41) is 0. The first kappa shape index (κ1) is 9.78. The lowest BCUT2D eigenvalue weighted by Gasteiger charge is -2.29. The van der Waals surface area contributed by atoms with E-state index < -0.39 is 0 Å². The molecule has 0 heterocycles. The van der Waals surface area contributed by atoms with Crippen molar-refractivity contribution < 1.29 is 4.79 Å². The average Bonchev–Trinajstić information content (AvgIpc) is 2.04. The third-order valence-corrected chi connectivity index (χ3v) is 2.37. The van der Waals surface area contributed by atoms with E-state index >= 15 is 0 Å². The topological polar surface area (TPSA) is 43.1 Å². The molecular weight excluding hydrogens is 162 g/mol. The summed E-state index contributed by atoms with van der Waals surface area (Å²) in [7, 11) is 0. The molecule has 0 saturated carbocycles. The molecule has 0 radical (unpaired) electrons. The molecule has 70 valence electrons. The van der Waals surface area contributed by atoms with E-state index in [9.17, 15) is 4.79 Å². The van der Waals surface area contributed by atoms with Gasteiger partial charge in [0.25, 0.3) is 0 Å². The Morgan fingerprint density at radius 2 is 2.23 bits per heavy atom. The standard InChI is InChI=1S/C11H15NO/c1-3-7-11(2)8-5-4-6-9(11)10(12)13/h3-9H,1-2H3,(H2,12,13). The fraction of sp³-hybridized carbons (Fsp3) is 0.364. The lowest BCUT2D eigenvalue weighted by Crippen LogP contribution is -2.34. The van der Waals surface area contributed by atoms with Gasteiger partial charge in [0.2, 0.25) is 5.91 Å². The molecule has 0 aromatic rings. The monoisotopic (exact) mass is 177 g/mol. The summed E-state index contributed by atoms with van der Waals surface area (Å²) in [4.78, 5) is 11.1. The third-order valence-electron chi connectivity index (χ3n) is 2.37. The fourth-order valence-corrected chi connectivity index (χ4v) is 1.67. The summed E-state index contributed by atoms with van der Waals surface area (Å²) in [6.45, 7) is 3.94. The van der Waals surface area contributed by atoms with Gasteiger partial charge in [-0.3, -0.25) is 4.79 Å². The molecule has 0 aliphatic heterocycles. The van der Waals surface area contributed by atoms with Gasteiger partial charge in [0, 0.05) is 5.41 Å². The van der Waals surface area contributed by atoms with Crippen LogP contribution >= 0.6 is 0 Å². The largest absolute Gasteiger partial charge is 0.369 e. The predicted octanol–water partition coefficient (Wildman–Crippen LogP) is 1.80. The van der Waals surface area contributed by atoms with Crippen molar-refractivity contribution in [1.82, 2.24) is 0 Å². The smallest absolute Gasteiger partial charge is 0.225 e. The van der Waals surface area contributed by atoms with E-state index in [2.05, 4.69) is 0 Å². The molecule has 0 bridgehead atoms. The molecule has 2 N–H and O–H groups in total.